The third kappa shape index (κ3) is 78.0. The van der Waals surface area contributed by atoms with E-state index in [1.165, 1.54) is 276 Å². The van der Waals surface area contributed by atoms with Crippen LogP contribution in [-0.2, 0) is 65.4 Å². The summed E-state index contributed by atoms with van der Waals surface area (Å²) in [6.45, 7) is 7.37. The average Bonchev–Trinajstić information content (AvgIpc) is 0.910. The number of carbonyl (C=O) groups is 4. The molecule has 103 heavy (non-hydrogen) atoms. The van der Waals surface area contributed by atoms with Crippen molar-refractivity contribution in [2.45, 2.75) is 470 Å². The number of rotatable bonds is 84. The maximum absolute atomic E-state index is 13.1. The number of phosphoric acid groups is 2. The van der Waals surface area contributed by atoms with Gasteiger partial charge < -0.3 is 33.8 Å². The number of aliphatic hydroxyl groups is 1. The molecule has 0 aromatic carbocycles. The fourth-order valence-electron chi connectivity index (χ4n) is 13.1. The summed E-state index contributed by atoms with van der Waals surface area (Å²) in [6, 6.07) is 0. The number of hydrogen-bond donors (Lipinski definition) is 3. The molecule has 0 aromatic heterocycles. The van der Waals surface area contributed by atoms with Crippen LogP contribution < -0.4 is 0 Å². The SMILES string of the molecule is CCCCCCCCCCCCCCCCCCCCCCCCC(=O)O[C@H](COC(=O)CCCCCCCCCCCCCCCC(C)C)COP(=O)(O)OC[C@@H](O)COP(=O)(O)OC[C@@H](COC(=O)CCCCCCCCCCCCC)OC(=O)CCCCCCCCCCCCCCCC. The van der Waals surface area contributed by atoms with Gasteiger partial charge in [-0.3, -0.25) is 37.3 Å². The molecule has 0 saturated heterocycles. The molecule has 0 aliphatic heterocycles. The smallest absolute Gasteiger partial charge is 0.462 e. The lowest BCUT2D eigenvalue weighted by Gasteiger charge is -2.21. The van der Waals surface area contributed by atoms with Crippen molar-refractivity contribution in [3.05, 3.63) is 0 Å². The van der Waals surface area contributed by atoms with Crippen LogP contribution in [0.4, 0.5) is 0 Å². The van der Waals surface area contributed by atoms with E-state index in [4.69, 9.17) is 37.0 Å². The molecule has 0 saturated carbocycles. The van der Waals surface area contributed by atoms with E-state index in [1.54, 1.807) is 0 Å². The Hall–Kier alpha value is -1.94. The Kier molecular flexibility index (Phi) is 75.4. The molecule has 3 N–H and O–H groups in total. The van der Waals surface area contributed by atoms with E-state index in [0.717, 1.165) is 95.8 Å². The lowest BCUT2D eigenvalue weighted by atomic mass is 10.0. The summed E-state index contributed by atoms with van der Waals surface area (Å²) in [6.07, 6.45) is 69.4. The van der Waals surface area contributed by atoms with Gasteiger partial charge in [-0.05, 0) is 31.6 Å². The molecular formula is C84H164O17P2. The molecule has 0 heterocycles. The Balaban J connectivity index is 5.22. The van der Waals surface area contributed by atoms with E-state index < -0.39 is 97.5 Å². The molecule has 0 aliphatic carbocycles. The van der Waals surface area contributed by atoms with E-state index in [2.05, 4.69) is 34.6 Å². The Morgan fingerprint density at radius 1 is 0.262 bits per heavy atom. The molecule has 0 fully saturated rings. The predicted octanol–water partition coefficient (Wildman–Crippen LogP) is 25.6. The van der Waals surface area contributed by atoms with Crippen LogP contribution in [0, 0.1) is 5.92 Å². The van der Waals surface area contributed by atoms with E-state index >= 15 is 0 Å². The zero-order valence-corrected chi connectivity index (χ0v) is 69.3. The van der Waals surface area contributed by atoms with E-state index in [1.807, 2.05) is 0 Å². The number of ether oxygens (including phenoxy) is 4. The van der Waals surface area contributed by atoms with Crippen LogP contribution in [-0.4, -0.2) is 96.7 Å². The fraction of sp³-hybridized carbons (Fsp3) is 0.952. The third-order valence-corrected chi connectivity index (χ3v) is 21.7. The highest BCUT2D eigenvalue weighted by Gasteiger charge is 2.30. The lowest BCUT2D eigenvalue weighted by Crippen LogP contribution is -2.30. The van der Waals surface area contributed by atoms with Crippen molar-refractivity contribution in [3.63, 3.8) is 0 Å². The van der Waals surface area contributed by atoms with Crippen LogP contribution in [0.2, 0.25) is 0 Å². The van der Waals surface area contributed by atoms with Crippen molar-refractivity contribution in [1.29, 1.82) is 0 Å². The second kappa shape index (κ2) is 76.8. The van der Waals surface area contributed by atoms with Crippen LogP contribution in [0.1, 0.15) is 452 Å². The Morgan fingerprint density at radius 3 is 0.660 bits per heavy atom. The highest BCUT2D eigenvalue weighted by Crippen LogP contribution is 2.45. The first kappa shape index (κ1) is 101. The minimum absolute atomic E-state index is 0.109. The monoisotopic (exact) mass is 1510 g/mol. The molecular weight excluding hydrogens is 1340 g/mol. The van der Waals surface area contributed by atoms with Gasteiger partial charge in [0.2, 0.25) is 0 Å². The Bertz CT molecular complexity index is 1960. The molecule has 612 valence electrons. The minimum atomic E-state index is -4.96. The summed E-state index contributed by atoms with van der Waals surface area (Å²) >= 11 is 0. The van der Waals surface area contributed by atoms with E-state index in [-0.39, 0.29) is 25.7 Å². The maximum atomic E-state index is 13.1. The first-order valence-electron chi connectivity index (χ1n) is 43.6. The predicted molar refractivity (Wildman–Crippen MR) is 423 cm³/mol. The average molecular weight is 1510 g/mol. The first-order chi connectivity index (χ1) is 50.0. The summed E-state index contributed by atoms with van der Waals surface area (Å²) in [4.78, 5) is 73.1. The molecule has 0 radical (unpaired) electrons. The van der Waals surface area contributed by atoms with Gasteiger partial charge in [0.15, 0.2) is 12.2 Å². The first-order valence-corrected chi connectivity index (χ1v) is 46.6. The molecule has 17 nitrogen and oxygen atoms in total. The Morgan fingerprint density at radius 2 is 0.447 bits per heavy atom. The van der Waals surface area contributed by atoms with Gasteiger partial charge in [-0.2, -0.15) is 0 Å². The van der Waals surface area contributed by atoms with Gasteiger partial charge in [-0.1, -0.05) is 401 Å². The third-order valence-electron chi connectivity index (χ3n) is 19.8. The fourth-order valence-corrected chi connectivity index (χ4v) is 14.7. The van der Waals surface area contributed by atoms with E-state index in [9.17, 15) is 43.2 Å². The van der Waals surface area contributed by atoms with Crippen molar-refractivity contribution in [3.8, 4) is 0 Å². The number of carbonyl (C=O) groups excluding carboxylic acids is 4. The topological polar surface area (TPSA) is 237 Å². The molecule has 5 atom stereocenters. The van der Waals surface area contributed by atoms with Gasteiger partial charge in [0.05, 0.1) is 26.4 Å². The number of unbranched alkanes of at least 4 members (excludes halogenated alkanes) is 56. The summed E-state index contributed by atoms with van der Waals surface area (Å²) in [5, 5.41) is 10.7. The lowest BCUT2D eigenvalue weighted by molar-refractivity contribution is -0.161. The number of esters is 4. The summed E-state index contributed by atoms with van der Waals surface area (Å²) in [7, 11) is -9.92. The largest absolute Gasteiger partial charge is 0.472 e. The van der Waals surface area contributed by atoms with Crippen molar-refractivity contribution in [2.75, 3.05) is 39.6 Å². The Labute approximate surface area is 632 Å². The van der Waals surface area contributed by atoms with Gasteiger partial charge in [0.1, 0.15) is 19.3 Å². The normalized spacial score (nSPS) is 13.8. The number of hydrogen-bond acceptors (Lipinski definition) is 15. The molecule has 2 unspecified atom stereocenters. The standard InChI is InChI=1S/C84H164O17P2/c1-6-9-12-15-18-21-24-26-28-29-30-31-32-33-34-35-39-45-50-55-60-65-70-84(89)101-80(74-95-82(87)68-63-58-53-48-43-40-36-37-42-46-51-56-61-66-77(4)5)76-99-103(92,93)97-72-78(85)71-96-102(90,91)98-75-79(73-94-81(86)67-62-57-52-47-41-23-20-17-14-11-8-3)100-83(88)69-64-59-54-49-44-38-27-25-22-19-16-13-10-7-2/h77-80,85H,6-76H2,1-5H3,(H,90,91)(H,92,93)/t78-,79+,80+/m0/s1. The van der Waals surface area contributed by atoms with Crippen molar-refractivity contribution in [1.82, 2.24) is 0 Å². The molecule has 0 bridgehead atoms. The number of phosphoric ester groups is 2. The summed E-state index contributed by atoms with van der Waals surface area (Å²) < 4.78 is 68.8. The second-order valence-electron chi connectivity index (χ2n) is 30.7. The van der Waals surface area contributed by atoms with Crippen LogP contribution >= 0.6 is 15.6 Å². The van der Waals surface area contributed by atoms with Gasteiger partial charge in [0, 0.05) is 25.7 Å². The highest BCUT2D eigenvalue weighted by atomic mass is 31.2. The van der Waals surface area contributed by atoms with Gasteiger partial charge in [-0.15, -0.1) is 0 Å². The van der Waals surface area contributed by atoms with Crippen molar-refractivity contribution < 1.29 is 80.2 Å². The highest BCUT2D eigenvalue weighted by molar-refractivity contribution is 7.47. The van der Waals surface area contributed by atoms with Crippen LogP contribution in [0.5, 0.6) is 0 Å². The maximum Gasteiger partial charge on any atom is 0.472 e. The summed E-state index contributed by atoms with van der Waals surface area (Å²) in [5.74, 6) is -1.31. The molecule has 0 amide bonds. The van der Waals surface area contributed by atoms with Crippen LogP contribution in [0.25, 0.3) is 0 Å². The molecule has 0 aromatic rings. The molecule has 19 heteroatoms. The van der Waals surface area contributed by atoms with Crippen LogP contribution in [0.15, 0.2) is 0 Å². The zero-order chi connectivity index (χ0) is 75.5. The quantitative estimate of drug-likeness (QED) is 0.0222. The number of aliphatic hydroxyl groups excluding tert-OH is 1. The minimum Gasteiger partial charge on any atom is -0.462 e. The van der Waals surface area contributed by atoms with Gasteiger partial charge in [0.25, 0.3) is 0 Å². The molecule has 0 aliphatic rings. The summed E-state index contributed by atoms with van der Waals surface area (Å²) in [5.41, 5.74) is 0. The zero-order valence-electron chi connectivity index (χ0n) is 67.5. The van der Waals surface area contributed by atoms with Gasteiger partial charge in [-0.25, -0.2) is 9.13 Å². The van der Waals surface area contributed by atoms with Crippen LogP contribution in [0.3, 0.4) is 0 Å². The van der Waals surface area contributed by atoms with Gasteiger partial charge >= 0.3 is 39.5 Å². The van der Waals surface area contributed by atoms with Crippen molar-refractivity contribution >= 4 is 39.5 Å². The van der Waals surface area contributed by atoms with Crippen molar-refractivity contribution in [2.24, 2.45) is 5.92 Å². The molecule has 0 spiro atoms. The molecule has 0 rings (SSSR count). The second-order valence-corrected chi connectivity index (χ2v) is 33.6. The van der Waals surface area contributed by atoms with E-state index in [0.29, 0.717) is 25.7 Å².